The van der Waals surface area contributed by atoms with Gasteiger partial charge in [-0.15, -0.1) is 0 Å². The van der Waals surface area contributed by atoms with Crippen molar-refractivity contribution in [2.45, 2.75) is 45.3 Å². The summed E-state index contributed by atoms with van der Waals surface area (Å²) in [4.78, 5) is 0.215. The Balaban J connectivity index is 1.94. The van der Waals surface area contributed by atoms with Crippen LogP contribution in [-0.4, -0.2) is 11.1 Å². The molecule has 0 bridgehead atoms. The lowest BCUT2D eigenvalue weighted by Gasteiger charge is -2.26. The quantitative estimate of drug-likeness (QED) is 0.857. The number of rotatable bonds is 4. The molecule has 1 fully saturated rings. The van der Waals surface area contributed by atoms with Gasteiger partial charge in [-0.2, -0.15) is 0 Å². The van der Waals surface area contributed by atoms with Crippen LogP contribution in [0.25, 0.3) is 0 Å². The van der Waals surface area contributed by atoms with E-state index in [2.05, 4.69) is 6.92 Å². The SMILES string of the molecule is CC1CCC(OCc2cc(F)cc(C(N)=S)c2)CC1. The van der Waals surface area contributed by atoms with E-state index in [0.29, 0.717) is 18.3 Å². The molecule has 0 unspecified atom stereocenters. The highest BCUT2D eigenvalue weighted by Crippen LogP contribution is 2.26. The van der Waals surface area contributed by atoms with Gasteiger partial charge in [0.15, 0.2) is 0 Å². The van der Waals surface area contributed by atoms with Crippen LogP contribution in [-0.2, 0) is 11.3 Å². The van der Waals surface area contributed by atoms with Crippen molar-refractivity contribution in [1.82, 2.24) is 0 Å². The first-order chi connectivity index (χ1) is 9.04. The molecule has 0 spiro atoms. The Kier molecular flexibility index (Phi) is 4.88. The topological polar surface area (TPSA) is 35.2 Å². The zero-order valence-electron chi connectivity index (χ0n) is 11.2. The first-order valence-electron chi connectivity index (χ1n) is 6.75. The first kappa shape index (κ1) is 14.4. The molecule has 1 saturated carbocycles. The lowest BCUT2D eigenvalue weighted by molar-refractivity contribution is 0.00867. The summed E-state index contributed by atoms with van der Waals surface area (Å²) < 4.78 is 19.3. The second-order valence-electron chi connectivity index (χ2n) is 5.41. The number of hydrogen-bond acceptors (Lipinski definition) is 2. The minimum atomic E-state index is -0.318. The molecule has 2 rings (SSSR count). The van der Waals surface area contributed by atoms with E-state index in [1.54, 1.807) is 6.07 Å². The van der Waals surface area contributed by atoms with Crippen LogP contribution in [0.2, 0.25) is 0 Å². The molecule has 0 aromatic heterocycles. The van der Waals surface area contributed by atoms with E-state index < -0.39 is 0 Å². The van der Waals surface area contributed by atoms with Crippen LogP contribution in [0, 0.1) is 11.7 Å². The minimum absolute atomic E-state index is 0.215. The summed E-state index contributed by atoms with van der Waals surface area (Å²) in [7, 11) is 0. The molecule has 2 nitrogen and oxygen atoms in total. The average Bonchev–Trinajstić information content (AvgIpc) is 2.37. The Morgan fingerprint density at radius 3 is 2.63 bits per heavy atom. The van der Waals surface area contributed by atoms with Crippen molar-refractivity contribution >= 4 is 17.2 Å². The van der Waals surface area contributed by atoms with Gasteiger partial charge < -0.3 is 10.5 Å². The Hall–Kier alpha value is -1.00. The molecule has 1 aliphatic rings. The molecular weight excluding hydrogens is 261 g/mol. The Labute approximate surface area is 119 Å². The summed E-state index contributed by atoms with van der Waals surface area (Å²) in [6, 6.07) is 4.64. The third kappa shape index (κ3) is 4.25. The maximum absolute atomic E-state index is 13.4. The molecule has 104 valence electrons. The predicted octanol–water partition coefficient (Wildman–Crippen LogP) is 3.56. The second kappa shape index (κ2) is 6.44. The molecule has 0 amide bonds. The smallest absolute Gasteiger partial charge is 0.124 e. The predicted molar refractivity (Wildman–Crippen MR) is 78.5 cm³/mol. The lowest BCUT2D eigenvalue weighted by atomic mass is 9.89. The summed E-state index contributed by atoms with van der Waals surface area (Å²) in [5.74, 6) is 0.483. The van der Waals surface area contributed by atoms with Gasteiger partial charge in [0.25, 0.3) is 0 Å². The molecule has 4 heteroatoms. The van der Waals surface area contributed by atoms with Crippen LogP contribution < -0.4 is 5.73 Å². The van der Waals surface area contributed by atoms with Crippen LogP contribution in [0.3, 0.4) is 0 Å². The van der Waals surface area contributed by atoms with Crippen molar-refractivity contribution in [3.8, 4) is 0 Å². The number of benzene rings is 1. The van der Waals surface area contributed by atoms with E-state index in [-0.39, 0.29) is 10.8 Å². The highest BCUT2D eigenvalue weighted by atomic mass is 32.1. The second-order valence-corrected chi connectivity index (χ2v) is 5.85. The average molecular weight is 281 g/mol. The van der Waals surface area contributed by atoms with Crippen molar-refractivity contribution in [2.75, 3.05) is 0 Å². The molecule has 2 N–H and O–H groups in total. The fourth-order valence-electron chi connectivity index (χ4n) is 2.49. The molecule has 0 atom stereocenters. The van der Waals surface area contributed by atoms with Gasteiger partial charge in [-0.25, -0.2) is 4.39 Å². The number of hydrogen-bond donors (Lipinski definition) is 1. The molecule has 1 aromatic carbocycles. The zero-order chi connectivity index (χ0) is 13.8. The normalized spacial score (nSPS) is 23.3. The molecule has 0 aliphatic heterocycles. The lowest BCUT2D eigenvalue weighted by Crippen LogP contribution is -2.20. The van der Waals surface area contributed by atoms with Crippen LogP contribution in [0.1, 0.15) is 43.7 Å². The van der Waals surface area contributed by atoms with Gasteiger partial charge >= 0.3 is 0 Å². The Morgan fingerprint density at radius 2 is 2.00 bits per heavy atom. The van der Waals surface area contributed by atoms with Crippen molar-refractivity contribution in [3.63, 3.8) is 0 Å². The zero-order valence-corrected chi connectivity index (χ0v) is 12.0. The fourth-order valence-corrected chi connectivity index (χ4v) is 2.60. The highest BCUT2D eigenvalue weighted by Gasteiger charge is 2.18. The van der Waals surface area contributed by atoms with Crippen molar-refractivity contribution in [2.24, 2.45) is 11.7 Å². The number of nitrogens with two attached hydrogens (primary N) is 1. The van der Waals surface area contributed by atoms with Crippen LogP contribution in [0.4, 0.5) is 4.39 Å². The van der Waals surface area contributed by atoms with Gasteiger partial charge in [0, 0.05) is 5.56 Å². The molecule has 0 radical (unpaired) electrons. The summed E-state index contributed by atoms with van der Waals surface area (Å²) in [5, 5.41) is 0. The minimum Gasteiger partial charge on any atom is -0.389 e. The third-order valence-electron chi connectivity index (χ3n) is 3.69. The van der Waals surface area contributed by atoms with E-state index in [1.807, 2.05) is 0 Å². The van der Waals surface area contributed by atoms with Crippen LogP contribution in [0.15, 0.2) is 18.2 Å². The molecule has 19 heavy (non-hydrogen) atoms. The number of halogens is 1. The summed E-state index contributed by atoms with van der Waals surface area (Å²) in [6.45, 7) is 2.70. The standard InChI is InChI=1S/C15H20FNOS/c1-10-2-4-14(5-3-10)18-9-11-6-12(15(17)19)8-13(16)7-11/h6-8,10,14H,2-5,9H2,1H3,(H2,17,19). The Bertz CT molecular complexity index is 455. The summed E-state index contributed by atoms with van der Waals surface area (Å²) in [5.41, 5.74) is 6.88. The highest BCUT2D eigenvalue weighted by molar-refractivity contribution is 7.80. The van der Waals surface area contributed by atoms with Gasteiger partial charge in [-0.1, -0.05) is 19.1 Å². The van der Waals surface area contributed by atoms with E-state index in [1.165, 1.54) is 25.0 Å². The van der Waals surface area contributed by atoms with Gasteiger partial charge in [-0.3, -0.25) is 0 Å². The monoisotopic (exact) mass is 281 g/mol. The van der Waals surface area contributed by atoms with Crippen LogP contribution in [0.5, 0.6) is 0 Å². The summed E-state index contributed by atoms with van der Waals surface area (Å²) in [6.07, 6.45) is 4.92. The van der Waals surface area contributed by atoms with Crippen LogP contribution >= 0.6 is 12.2 Å². The Morgan fingerprint density at radius 1 is 1.32 bits per heavy atom. The summed E-state index contributed by atoms with van der Waals surface area (Å²) >= 11 is 4.87. The number of ether oxygens (including phenoxy) is 1. The van der Waals surface area contributed by atoms with Crippen molar-refractivity contribution < 1.29 is 9.13 Å². The molecule has 0 heterocycles. The molecule has 1 aromatic rings. The molecule has 1 aliphatic carbocycles. The molecule has 0 saturated heterocycles. The van der Waals surface area contributed by atoms with Gasteiger partial charge in [0.05, 0.1) is 12.7 Å². The molecular formula is C15H20FNOS. The maximum Gasteiger partial charge on any atom is 0.124 e. The number of thiocarbonyl (C=S) groups is 1. The van der Waals surface area contributed by atoms with Gasteiger partial charge in [-0.05, 0) is 55.4 Å². The van der Waals surface area contributed by atoms with E-state index in [9.17, 15) is 4.39 Å². The van der Waals surface area contributed by atoms with Crippen molar-refractivity contribution in [3.05, 3.63) is 35.1 Å². The van der Waals surface area contributed by atoms with E-state index >= 15 is 0 Å². The maximum atomic E-state index is 13.4. The van der Waals surface area contributed by atoms with Gasteiger partial charge in [0.2, 0.25) is 0 Å². The van der Waals surface area contributed by atoms with E-state index in [0.717, 1.165) is 24.3 Å². The van der Waals surface area contributed by atoms with Gasteiger partial charge in [0.1, 0.15) is 10.8 Å². The third-order valence-corrected chi connectivity index (χ3v) is 3.93. The van der Waals surface area contributed by atoms with Crippen molar-refractivity contribution in [1.29, 1.82) is 0 Å². The largest absolute Gasteiger partial charge is 0.389 e. The fraction of sp³-hybridized carbons (Fsp3) is 0.533. The van der Waals surface area contributed by atoms with E-state index in [4.69, 9.17) is 22.7 Å². The first-order valence-corrected chi connectivity index (χ1v) is 7.16.